The number of carbonyl (C=O) groups excluding carboxylic acids is 3. The van der Waals surface area contributed by atoms with Crippen LogP contribution in [-0.2, 0) is 19.6 Å². The smallest absolute Gasteiger partial charge is 0.293 e. The first-order valence-corrected chi connectivity index (χ1v) is 12.0. The molecule has 0 spiro atoms. The summed E-state index contributed by atoms with van der Waals surface area (Å²) < 4.78 is 52.9. The van der Waals surface area contributed by atoms with Crippen LogP contribution in [0.15, 0.2) is 58.3 Å². The average Bonchev–Trinajstić information content (AvgIpc) is 3.02. The van der Waals surface area contributed by atoms with Crippen LogP contribution in [0.25, 0.3) is 6.08 Å². The molecule has 2 aromatic carbocycles. The third-order valence-corrected chi connectivity index (χ3v) is 6.87. The molecule has 0 aliphatic carbocycles. The van der Waals surface area contributed by atoms with Crippen molar-refractivity contribution >= 4 is 44.9 Å². The van der Waals surface area contributed by atoms with Crippen LogP contribution in [0.2, 0.25) is 0 Å². The molecule has 1 aliphatic rings. The Hall–Kier alpha value is -3.09. The lowest BCUT2D eigenvalue weighted by Crippen LogP contribution is -2.38. The fraction of sp³-hybridized carbons (Fsp3) is 0.190. The van der Waals surface area contributed by atoms with E-state index in [4.69, 9.17) is 0 Å². The molecule has 3 rings (SSSR count). The highest BCUT2D eigenvalue weighted by atomic mass is 32.2. The molecule has 3 amide bonds. The first-order valence-electron chi connectivity index (χ1n) is 9.69. The largest absolute Gasteiger partial charge is 0.354 e. The van der Waals surface area contributed by atoms with E-state index in [0.29, 0.717) is 5.56 Å². The van der Waals surface area contributed by atoms with Gasteiger partial charge in [0.05, 0.1) is 4.91 Å². The Morgan fingerprint density at radius 2 is 1.73 bits per heavy atom. The van der Waals surface area contributed by atoms with Crippen molar-refractivity contribution in [2.45, 2.75) is 11.3 Å². The van der Waals surface area contributed by atoms with Gasteiger partial charge in [-0.1, -0.05) is 24.3 Å². The molecule has 0 aromatic heterocycles. The highest BCUT2D eigenvalue weighted by Crippen LogP contribution is 2.31. The highest BCUT2D eigenvalue weighted by Gasteiger charge is 2.34. The number of halogens is 2. The molecule has 2 aromatic rings. The van der Waals surface area contributed by atoms with E-state index in [1.165, 1.54) is 42.5 Å². The maximum absolute atomic E-state index is 13.6. The summed E-state index contributed by atoms with van der Waals surface area (Å²) in [5, 5.41) is 1.99. The van der Waals surface area contributed by atoms with Gasteiger partial charge in [-0.15, -0.1) is 0 Å². The lowest BCUT2D eigenvalue weighted by molar-refractivity contribution is -0.124. The molecular weight excluding hydrogens is 476 g/mol. The minimum absolute atomic E-state index is 0.0270. The monoisotopic (exact) mass is 495 g/mol. The Kier molecular flexibility index (Phi) is 7.95. The van der Waals surface area contributed by atoms with Crippen LogP contribution in [0, 0.1) is 11.6 Å². The van der Waals surface area contributed by atoms with Gasteiger partial charge in [-0.2, -0.15) is 0 Å². The molecule has 33 heavy (non-hydrogen) atoms. The second kappa shape index (κ2) is 10.7. The summed E-state index contributed by atoms with van der Waals surface area (Å²) in [6, 6.07) is 10.3. The van der Waals surface area contributed by atoms with Crippen molar-refractivity contribution in [3.8, 4) is 0 Å². The van der Waals surface area contributed by atoms with Crippen LogP contribution in [0.1, 0.15) is 12.0 Å². The van der Waals surface area contributed by atoms with Crippen molar-refractivity contribution < 1.29 is 31.6 Å². The summed E-state index contributed by atoms with van der Waals surface area (Å²) in [7, 11) is -4.10. The van der Waals surface area contributed by atoms with Crippen LogP contribution in [-0.4, -0.2) is 50.0 Å². The number of amides is 3. The number of nitrogens with one attached hydrogen (secondary N) is 2. The van der Waals surface area contributed by atoms with Gasteiger partial charge in [0.1, 0.15) is 16.5 Å². The van der Waals surface area contributed by atoms with E-state index in [1.54, 1.807) is 0 Å². The third-order valence-electron chi connectivity index (χ3n) is 4.47. The zero-order valence-electron chi connectivity index (χ0n) is 17.1. The second-order valence-corrected chi connectivity index (χ2v) is 9.54. The number of nitrogens with zero attached hydrogens (tertiary/aromatic N) is 1. The summed E-state index contributed by atoms with van der Waals surface area (Å²) in [5.41, 5.74) is 0.563. The van der Waals surface area contributed by atoms with Crippen molar-refractivity contribution in [2.24, 2.45) is 0 Å². The minimum Gasteiger partial charge on any atom is -0.354 e. The van der Waals surface area contributed by atoms with E-state index in [9.17, 15) is 31.6 Å². The Bertz CT molecular complexity index is 1200. The van der Waals surface area contributed by atoms with Crippen LogP contribution >= 0.6 is 11.8 Å². The highest BCUT2D eigenvalue weighted by molar-refractivity contribution is 8.18. The fourth-order valence-corrected chi connectivity index (χ4v) is 4.81. The van der Waals surface area contributed by atoms with E-state index < -0.39 is 43.6 Å². The van der Waals surface area contributed by atoms with Gasteiger partial charge in [-0.3, -0.25) is 19.3 Å². The predicted octanol–water partition coefficient (Wildman–Crippen LogP) is 2.49. The summed E-state index contributed by atoms with van der Waals surface area (Å²) in [4.78, 5) is 37.1. The van der Waals surface area contributed by atoms with Crippen molar-refractivity contribution in [1.29, 1.82) is 0 Å². The molecule has 0 unspecified atom stereocenters. The molecule has 0 saturated carbocycles. The number of rotatable bonds is 9. The molecule has 12 heteroatoms. The zero-order chi connectivity index (χ0) is 24.0. The lowest BCUT2D eigenvalue weighted by atomic mass is 10.2. The van der Waals surface area contributed by atoms with Crippen LogP contribution in [0.5, 0.6) is 0 Å². The summed E-state index contributed by atoms with van der Waals surface area (Å²) in [6.07, 6.45) is 1.25. The van der Waals surface area contributed by atoms with Gasteiger partial charge in [0.15, 0.2) is 0 Å². The standard InChI is InChI=1S/C21H19F2N3O5S2/c22-15-7-5-14(6-8-15)13-17-20(28)26(21(29)32-17)12-11-24-19(27)9-10-25-33(30,31)18-4-2-1-3-16(18)23/h1-8,13,25H,9-12H2,(H,24,27)/b17-13-. The SMILES string of the molecule is O=C(CCNS(=O)(=O)c1ccccc1F)NCCN1C(=O)S/C(=C\c2ccc(F)cc2)C1=O. The number of imide groups is 1. The molecule has 1 aliphatic heterocycles. The molecule has 8 nitrogen and oxygen atoms in total. The van der Waals surface area contributed by atoms with Crippen LogP contribution in [0.4, 0.5) is 13.6 Å². The number of benzene rings is 2. The quantitative estimate of drug-likeness (QED) is 0.517. The molecule has 2 N–H and O–H groups in total. The molecule has 1 saturated heterocycles. The molecular formula is C21H19F2N3O5S2. The van der Waals surface area contributed by atoms with Crippen LogP contribution < -0.4 is 10.0 Å². The van der Waals surface area contributed by atoms with E-state index in [0.717, 1.165) is 28.8 Å². The van der Waals surface area contributed by atoms with Gasteiger partial charge < -0.3 is 5.32 Å². The summed E-state index contributed by atoms with van der Waals surface area (Å²) >= 11 is 0.740. The Morgan fingerprint density at radius 3 is 2.42 bits per heavy atom. The second-order valence-electron chi connectivity index (χ2n) is 6.81. The molecule has 1 heterocycles. The van der Waals surface area contributed by atoms with Crippen LogP contribution in [0.3, 0.4) is 0 Å². The third kappa shape index (κ3) is 6.46. The van der Waals surface area contributed by atoms with Crippen molar-refractivity contribution in [2.75, 3.05) is 19.6 Å². The van der Waals surface area contributed by atoms with Gasteiger partial charge in [0.25, 0.3) is 11.1 Å². The van der Waals surface area contributed by atoms with Gasteiger partial charge in [0.2, 0.25) is 15.9 Å². The van der Waals surface area contributed by atoms with Crippen molar-refractivity contribution in [3.05, 3.63) is 70.6 Å². The maximum atomic E-state index is 13.6. The number of carbonyl (C=O) groups is 3. The molecule has 0 radical (unpaired) electrons. The van der Waals surface area contributed by atoms with Gasteiger partial charge in [-0.25, -0.2) is 21.9 Å². The van der Waals surface area contributed by atoms with Gasteiger partial charge >= 0.3 is 0 Å². The lowest BCUT2D eigenvalue weighted by Gasteiger charge is -2.13. The molecule has 0 atom stereocenters. The first kappa shape index (κ1) is 24.6. The van der Waals surface area contributed by atoms with E-state index >= 15 is 0 Å². The zero-order valence-corrected chi connectivity index (χ0v) is 18.7. The Morgan fingerprint density at radius 1 is 1.03 bits per heavy atom. The van der Waals surface area contributed by atoms with E-state index in [-0.39, 0.29) is 31.0 Å². The normalized spacial score (nSPS) is 15.3. The Balaban J connectivity index is 1.45. The maximum Gasteiger partial charge on any atom is 0.293 e. The summed E-state index contributed by atoms with van der Waals surface area (Å²) in [6.45, 7) is -0.358. The van der Waals surface area contributed by atoms with Crippen molar-refractivity contribution in [1.82, 2.24) is 14.9 Å². The number of thioether (sulfide) groups is 1. The minimum atomic E-state index is -4.10. The fourth-order valence-electron chi connectivity index (χ4n) is 2.84. The number of hydrogen-bond donors (Lipinski definition) is 2. The molecule has 0 bridgehead atoms. The van der Waals surface area contributed by atoms with E-state index in [2.05, 4.69) is 10.0 Å². The number of hydrogen-bond acceptors (Lipinski definition) is 6. The predicted molar refractivity (Wildman–Crippen MR) is 118 cm³/mol. The first-order chi connectivity index (χ1) is 15.7. The van der Waals surface area contributed by atoms with Gasteiger partial charge in [0, 0.05) is 26.1 Å². The molecule has 174 valence electrons. The molecule has 1 fully saturated rings. The Labute approximate surface area is 193 Å². The van der Waals surface area contributed by atoms with Crippen molar-refractivity contribution in [3.63, 3.8) is 0 Å². The topological polar surface area (TPSA) is 113 Å². The van der Waals surface area contributed by atoms with E-state index in [1.807, 2.05) is 0 Å². The average molecular weight is 496 g/mol. The summed E-state index contributed by atoms with van der Waals surface area (Å²) in [5.74, 6) is -2.36. The van der Waals surface area contributed by atoms with Gasteiger partial charge in [-0.05, 0) is 47.7 Å². The number of sulfonamides is 1.